The summed E-state index contributed by atoms with van der Waals surface area (Å²) in [6.07, 6.45) is 0. The van der Waals surface area contributed by atoms with Gasteiger partial charge in [0.05, 0.1) is 23.9 Å². The van der Waals surface area contributed by atoms with E-state index in [0.717, 1.165) is 0 Å². The van der Waals surface area contributed by atoms with Gasteiger partial charge in [0.15, 0.2) is 0 Å². The van der Waals surface area contributed by atoms with Crippen LogP contribution in [0.5, 0.6) is 5.75 Å². The van der Waals surface area contributed by atoms with Gasteiger partial charge in [-0.15, -0.1) is 0 Å². The van der Waals surface area contributed by atoms with Crippen molar-refractivity contribution < 1.29 is 23.9 Å². The first kappa shape index (κ1) is 18.9. The predicted octanol–water partition coefficient (Wildman–Crippen LogP) is 2.46. The number of fused-ring (bicyclic) bond motifs is 1. The number of anilines is 2. The largest absolute Gasteiger partial charge is 0.464 e. The van der Waals surface area contributed by atoms with Crippen molar-refractivity contribution in [3.63, 3.8) is 0 Å². The molecule has 1 aliphatic rings. The van der Waals surface area contributed by atoms with Crippen molar-refractivity contribution in [1.82, 2.24) is 0 Å². The van der Waals surface area contributed by atoms with Gasteiger partial charge in [-0.05, 0) is 50.2 Å². The number of hydrogen-bond acceptors (Lipinski definition) is 6. The molecule has 2 aromatic rings. The number of nitrogens with zero attached hydrogens (tertiary/aromatic N) is 1. The molecule has 0 saturated heterocycles. The fourth-order valence-corrected chi connectivity index (χ4v) is 2.60. The molecule has 2 N–H and O–H groups in total. The maximum absolute atomic E-state index is 12.4. The van der Waals surface area contributed by atoms with E-state index < -0.39 is 17.5 Å². The van der Waals surface area contributed by atoms with Crippen molar-refractivity contribution in [3.8, 4) is 11.8 Å². The lowest BCUT2D eigenvalue weighted by Gasteiger charge is -2.32. The van der Waals surface area contributed by atoms with Crippen LogP contribution < -0.4 is 15.4 Å². The average Bonchev–Trinajstić information content (AvgIpc) is 2.69. The van der Waals surface area contributed by atoms with Gasteiger partial charge in [0.25, 0.3) is 17.4 Å². The van der Waals surface area contributed by atoms with E-state index in [9.17, 15) is 14.4 Å². The zero-order valence-corrected chi connectivity index (χ0v) is 15.2. The third kappa shape index (κ3) is 3.50. The fraction of sp³-hybridized carbons (Fsp3) is 0.200. The molecule has 142 valence electrons. The lowest BCUT2D eigenvalue weighted by molar-refractivity contribution is -0.165. The molecule has 0 aromatic heterocycles. The monoisotopic (exact) mass is 379 g/mol. The first-order valence-electron chi connectivity index (χ1n) is 8.50. The Bertz CT molecular complexity index is 994. The summed E-state index contributed by atoms with van der Waals surface area (Å²) in [6.45, 7) is 3.07. The van der Waals surface area contributed by atoms with Crippen LogP contribution >= 0.6 is 0 Å². The van der Waals surface area contributed by atoms with Gasteiger partial charge >= 0.3 is 5.97 Å². The number of carbonyl (C=O) groups is 3. The number of esters is 1. The summed E-state index contributed by atoms with van der Waals surface area (Å²) >= 11 is 0. The normalized spacial score (nSPS) is 17.4. The molecule has 28 heavy (non-hydrogen) atoms. The van der Waals surface area contributed by atoms with Crippen LogP contribution in [-0.2, 0) is 14.3 Å². The minimum atomic E-state index is -1.82. The zero-order valence-electron chi connectivity index (χ0n) is 15.2. The molecule has 2 amide bonds. The molecule has 1 heterocycles. The van der Waals surface area contributed by atoms with E-state index in [4.69, 9.17) is 14.7 Å². The Hall–Kier alpha value is -3.86. The fourth-order valence-electron chi connectivity index (χ4n) is 2.60. The van der Waals surface area contributed by atoms with Crippen LogP contribution in [0.3, 0.4) is 0 Å². The number of benzene rings is 2. The molecule has 3 rings (SSSR count). The molecule has 0 spiro atoms. The third-order valence-corrected chi connectivity index (χ3v) is 4.18. The quantitative estimate of drug-likeness (QED) is 0.622. The molecule has 0 saturated carbocycles. The molecule has 8 nitrogen and oxygen atoms in total. The summed E-state index contributed by atoms with van der Waals surface area (Å²) in [4.78, 5) is 36.8. The van der Waals surface area contributed by atoms with Crippen LogP contribution in [0, 0.1) is 11.3 Å². The molecular weight excluding hydrogens is 362 g/mol. The van der Waals surface area contributed by atoms with Gasteiger partial charge in [0.1, 0.15) is 5.75 Å². The van der Waals surface area contributed by atoms with Gasteiger partial charge in [-0.1, -0.05) is 0 Å². The molecule has 1 unspecified atom stereocenters. The topological polar surface area (TPSA) is 118 Å². The number of carbonyl (C=O) groups excluding carboxylic acids is 3. The van der Waals surface area contributed by atoms with Crippen molar-refractivity contribution in [2.75, 3.05) is 17.2 Å². The lowest BCUT2D eigenvalue weighted by atomic mass is 10.0. The highest BCUT2D eigenvalue weighted by molar-refractivity contribution is 6.14. The van der Waals surface area contributed by atoms with Crippen molar-refractivity contribution in [2.45, 2.75) is 19.4 Å². The molecule has 1 atom stereocenters. The summed E-state index contributed by atoms with van der Waals surface area (Å²) in [6, 6.07) is 12.8. The molecule has 0 fully saturated rings. The van der Waals surface area contributed by atoms with Gasteiger partial charge in [-0.3, -0.25) is 9.59 Å². The highest BCUT2D eigenvalue weighted by Crippen LogP contribution is 2.36. The molecule has 0 bridgehead atoms. The molecule has 8 heteroatoms. The van der Waals surface area contributed by atoms with Gasteiger partial charge in [0, 0.05) is 17.3 Å². The second kappa shape index (κ2) is 7.40. The average molecular weight is 379 g/mol. The van der Waals surface area contributed by atoms with Crippen molar-refractivity contribution in [3.05, 3.63) is 53.6 Å². The van der Waals surface area contributed by atoms with Crippen molar-refractivity contribution in [1.29, 1.82) is 5.26 Å². The number of hydrogen-bond donors (Lipinski definition) is 2. The van der Waals surface area contributed by atoms with Gasteiger partial charge in [-0.2, -0.15) is 5.26 Å². The summed E-state index contributed by atoms with van der Waals surface area (Å²) in [5, 5.41) is 14.1. The lowest BCUT2D eigenvalue weighted by Crippen LogP contribution is -2.55. The van der Waals surface area contributed by atoms with E-state index in [-0.39, 0.29) is 18.3 Å². The summed E-state index contributed by atoms with van der Waals surface area (Å²) in [5.41, 5.74) is -0.202. The van der Waals surface area contributed by atoms with Gasteiger partial charge < -0.3 is 20.1 Å². The Morgan fingerprint density at radius 3 is 2.61 bits per heavy atom. The summed E-state index contributed by atoms with van der Waals surface area (Å²) in [7, 11) is 0. The van der Waals surface area contributed by atoms with E-state index >= 15 is 0 Å². The number of nitrogens with one attached hydrogen (secondary N) is 2. The highest BCUT2D eigenvalue weighted by atomic mass is 16.6. The minimum absolute atomic E-state index is 0.110. The van der Waals surface area contributed by atoms with Crippen LogP contribution in [0.4, 0.5) is 11.4 Å². The summed E-state index contributed by atoms with van der Waals surface area (Å²) in [5.74, 6) is -1.58. The van der Waals surface area contributed by atoms with Crippen LogP contribution in [0.25, 0.3) is 0 Å². The molecule has 1 aliphatic heterocycles. The van der Waals surface area contributed by atoms with Crippen molar-refractivity contribution >= 4 is 29.2 Å². The minimum Gasteiger partial charge on any atom is -0.464 e. The second-order valence-corrected chi connectivity index (χ2v) is 6.16. The van der Waals surface area contributed by atoms with E-state index in [1.165, 1.54) is 13.0 Å². The van der Waals surface area contributed by atoms with E-state index in [1.807, 2.05) is 6.07 Å². The Morgan fingerprint density at radius 2 is 1.96 bits per heavy atom. The molecule has 0 radical (unpaired) electrons. The van der Waals surface area contributed by atoms with Crippen LogP contribution in [-0.4, -0.2) is 30.0 Å². The SMILES string of the molecule is CCOC(=O)C1(C)Oc2cc(NC(=O)c3ccc(C#N)cc3)ccc2NC1=O. The van der Waals surface area contributed by atoms with Gasteiger partial charge in [-0.25, -0.2) is 4.79 Å². The maximum atomic E-state index is 12.4. The number of nitriles is 1. The second-order valence-electron chi connectivity index (χ2n) is 6.16. The first-order chi connectivity index (χ1) is 13.4. The number of amides is 2. The third-order valence-electron chi connectivity index (χ3n) is 4.18. The maximum Gasteiger partial charge on any atom is 0.360 e. The number of rotatable bonds is 4. The predicted molar refractivity (Wildman–Crippen MR) is 99.8 cm³/mol. The molecular formula is C20H17N3O5. The standard InChI is InChI=1S/C20H17N3O5/c1-3-27-19(26)20(2)18(25)23-15-9-8-14(10-16(15)28-20)22-17(24)13-6-4-12(11-21)5-7-13/h4-10H,3H2,1-2H3,(H,22,24)(H,23,25). The van der Waals surface area contributed by atoms with Gasteiger partial charge in [0.2, 0.25) is 0 Å². The van der Waals surface area contributed by atoms with Crippen molar-refractivity contribution in [2.24, 2.45) is 0 Å². The Balaban J connectivity index is 1.81. The van der Waals surface area contributed by atoms with Crippen LogP contribution in [0.1, 0.15) is 29.8 Å². The van der Waals surface area contributed by atoms with Crippen LogP contribution in [0.2, 0.25) is 0 Å². The zero-order chi connectivity index (χ0) is 20.3. The first-order valence-corrected chi connectivity index (χ1v) is 8.50. The molecule has 0 aliphatic carbocycles. The van der Waals surface area contributed by atoms with E-state index in [1.54, 1.807) is 43.3 Å². The highest BCUT2D eigenvalue weighted by Gasteiger charge is 2.48. The Morgan fingerprint density at radius 1 is 1.25 bits per heavy atom. The smallest absolute Gasteiger partial charge is 0.360 e. The Kier molecular flexibility index (Phi) is 5.00. The molecule has 2 aromatic carbocycles. The van der Waals surface area contributed by atoms with E-state index in [2.05, 4.69) is 10.6 Å². The van der Waals surface area contributed by atoms with Crippen LogP contribution in [0.15, 0.2) is 42.5 Å². The van der Waals surface area contributed by atoms with E-state index in [0.29, 0.717) is 22.5 Å². The number of ether oxygens (including phenoxy) is 2. The Labute approximate surface area is 161 Å². The summed E-state index contributed by atoms with van der Waals surface area (Å²) < 4.78 is 10.6.